The molecule has 0 bridgehead atoms. The third kappa shape index (κ3) is 5.44. The molecular formula is C18H26N4OS2. The van der Waals surface area contributed by atoms with Gasteiger partial charge in [-0.1, -0.05) is 35.2 Å². The molecule has 2 rings (SSSR count). The van der Waals surface area contributed by atoms with Gasteiger partial charge in [0.1, 0.15) is 0 Å². The van der Waals surface area contributed by atoms with Gasteiger partial charge in [-0.2, -0.15) is 0 Å². The van der Waals surface area contributed by atoms with Crippen molar-refractivity contribution >= 4 is 39.8 Å². The van der Waals surface area contributed by atoms with E-state index in [1.165, 1.54) is 28.7 Å². The van der Waals surface area contributed by atoms with E-state index in [0.29, 0.717) is 0 Å². The first-order valence-corrected chi connectivity index (χ1v) is 10.1. The molecule has 7 heteroatoms. The number of carbonyl (C=O) groups excluding carboxylic acids is 1. The fourth-order valence-corrected chi connectivity index (χ4v) is 4.64. The first-order valence-electron chi connectivity index (χ1n) is 8.44. The Morgan fingerprint density at radius 3 is 2.44 bits per heavy atom. The average molecular weight is 379 g/mol. The molecule has 25 heavy (non-hydrogen) atoms. The van der Waals surface area contributed by atoms with Gasteiger partial charge in [-0.25, -0.2) is 0 Å². The molecule has 0 saturated carbocycles. The third-order valence-electron chi connectivity index (χ3n) is 3.67. The lowest BCUT2D eigenvalue weighted by molar-refractivity contribution is -0.133. The summed E-state index contributed by atoms with van der Waals surface area (Å²) in [6.45, 7) is 12.2. The second kappa shape index (κ2) is 8.67. The Morgan fingerprint density at radius 1 is 1.16 bits per heavy atom. The van der Waals surface area contributed by atoms with Gasteiger partial charge < -0.3 is 10.2 Å². The van der Waals surface area contributed by atoms with E-state index >= 15 is 0 Å². The summed E-state index contributed by atoms with van der Waals surface area (Å²) in [4.78, 5) is 14.6. The number of nitrogens with one attached hydrogen (secondary N) is 1. The fourth-order valence-electron chi connectivity index (χ4n) is 2.67. The predicted molar refractivity (Wildman–Crippen MR) is 107 cm³/mol. The highest BCUT2D eigenvalue weighted by Gasteiger charge is 2.26. The number of anilines is 2. The molecule has 1 amide bonds. The van der Waals surface area contributed by atoms with Gasteiger partial charge in [-0.3, -0.25) is 4.79 Å². The Labute approximate surface area is 158 Å². The van der Waals surface area contributed by atoms with Crippen molar-refractivity contribution in [2.24, 2.45) is 0 Å². The van der Waals surface area contributed by atoms with Crippen LogP contribution >= 0.6 is 23.1 Å². The SMILES string of the molecule is Cc1cccc(Nc2nnc(SC(C)C(=O)N(C(C)C)C(C)C)s2)c1. The van der Waals surface area contributed by atoms with Crippen LogP contribution in [-0.4, -0.2) is 38.3 Å². The molecule has 1 aromatic carbocycles. The molecule has 0 saturated heterocycles. The first kappa shape index (κ1) is 19.7. The van der Waals surface area contributed by atoms with Crippen LogP contribution in [0.5, 0.6) is 0 Å². The number of hydrogen-bond donors (Lipinski definition) is 1. The summed E-state index contributed by atoms with van der Waals surface area (Å²) in [6, 6.07) is 8.48. The molecule has 0 aliphatic rings. The smallest absolute Gasteiger partial charge is 0.236 e. The maximum Gasteiger partial charge on any atom is 0.236 e. The summed E-state index contributed by atoms with van der Waals surface area (Å²) in [7, 11) is 0. The van der Waals surface area contributed by atoms with Crippen molar-refractivity contribution in [1.29, 1.82) is 0 Å². The minimum Gasteiger partial charge on any atom is -0.337 e. The number of aromatic nitrogens is 2. The zero-order valence-electron chi connectivity index (χ0n) is 15.6. The van der Waals surface area contributed by atoms with Crippen LogP contribution in [0.2, 0.25) is 0 Å². The standard InChI is InChI=1S/C18H26N4OS2/c1-11(2)22(12(3)4)16(23)14(6)24-18-21-20-17(25-18)19-15-9-7-8-13(5)10-15/h7-12,14H,1-6H3,(H,19,20). The molecule has 1 heterocycles. The Hall–Kier alpha value is -1.60. The third-order valence-corrected chi connectivity index (χ3v) is 5.68. The lowest BCUT2D eigenvalue weighted by Gasteiger charge is -2.32. The number of hydrogen-bond acceptors (Lipinski definition) is 6. The lowest BCUT2D eigenvalue weighted by atomic mass is 10.2. The molecule has 1 aromatic heterocycles. The van der Waals surface area contributed by atoms with Crippen molar-refractivity contribution in [3.05, 3.63) is 29.8 Å². The summed E-state index contributed by atoms with van der Waals surface area (Å²) in [6.07, 6.45) is 0. The zero-order valence-corrected chi connectivity index (χ0v) is 17.2. The number of carbonyl (C=O) groups is 1. The van der Waals surface area contributed by atoms with Gasteiger partial charge >= 0.3 is 0 Å². The van der Waals surface area contributed by atoms with Gasteiger partial charge in [0, 0.05) is 17.8 Å². The monoisotopic (exact) mass is 378 g/mol. The normalized spacial score (nSPS) is 12.5. The number of thioether (sulfide) groups is 1. The van der Waals surface area contributed by atoms with Crippen LogP contribution in [0.15, 0.2) is 28.6 Å². The van der Waals surface area contributed by atoms with Gasteiger partial charge in [0.25, 0.3) is 0 Å². The summed E-state index contributed by atoms with van der Waals surface area (Å²) < 4.78 is 0.795. The summed E-state index contributed by atoms with van der Waals surface area (Å²) in [5, 5.41) is 12.2. The maximum atomic E-state index is 12.7. The highest BCUT2D eigenvalue weighted by molar-refractivity contribution is 8.02. The number of aryl methyl sites for hydroxylation is 1. The second-order valence-corrected chi connectivity index (χ2v) is 9.13. The average Bonchev–Trinajstić information content (AvgIpc) is 2.93. The Kier molecular flexibility index (Phi) is 6.84. The molecule has 0 radical (unpaired) electrons. The van der Waals surface area contributed by atoms with Crippen molar-refractivity contribution in [3.8, 4) is 0 Å². The Balaban J connectivity index is 2.01. The lowest BCUT2D eigenvalue weighted by Crippen LogP contribution is -2.45. The second-order valence-electron chi connectivity index (χ2n) is 6.56. The molecule has 5 nitrogen and oxygen atoms in total. The maximum absolute atomic E-state index is 12.7. The Bertz CT molecular complexity index is 707. The van der Waals surface area contributed by atoms with Crippen molar-refractivity contribution in [2.75, 3.05) is 5.32 Å². The van der Waals surface area contributed by atoms with Gasteiger partial charge in [-0.05, 0) is 59.2 Å². The molecule has 0 spiro atoms. The quantitative estimate of drug-likeness (QED) is 0.707. The van der Waals surface area contributed by atoms with E-state index in [4.69, 9.17) is 0 Å². The van der Waals surface area contributed by atoms with Gasteiger partial charge in [0.15, 0.2) is 4.34 Å². The van der Waals surface area contributed by atoms with Crippen molar-refractivity contribution < 1.29 is 4.79 Å². The topological polar surface area (TPSA) is 58.1 Å². The molecule has 2 aromatic rings. The van der Waals surface area contributed by atoms with E-state index < -0.39 is 0 Å². The van der Waals surface area contributed by atoms with E-state index in [-0.39, 0.29) is 23.2 Å². The molecule has 1 N–H and O–H groups in total. The van der Waals surface area contributed by atoms with Crippen molar-refractivity contribution in [2.45, 2.75) is 63.2 Å². The minimum atomic E-state index is -0.190. The van der Waals surface area contributed by atoms with Crippen molar-refractivity contribution in [1.82, 2.24) is 15.1 Å². The molecule has 1 atom stereocenters. The summed E-state index contributed by atoms with van der Waals surface area (Å²) in [5.41, 5.74) is 2.17. The van der Waals surface area contributed by atoms with Gasteiger partial charge in [0.05, 0.1) is 5.25 Å². The van der Waals surface area contributed by atoms with E-state index in [1.807, 2.05) is 51.7 Å². The zero-order chi connectivity index (χ0) is 18.6. The summed E-state index contributed by atoms with van der Waals surface area (Å²) >= 11 is 2.93. The number of nitrogens with zero attached hydrogens (tertiary/aromatic N) is 3. The van der Waals surface area contributed by atoms with E-state index in [0.717, 1.165) is 15.2 Å². The van der Waals surface area contributed by atoms with Crippen LogP contribution < -0.4 is 5.32 Å². The van der Waals surface area contributed by atoms with Crippen LogP contribution in [0.1, 0.15) is 40.2 Å². The number of rotatable bonds is 7. The summed E-state index contributed by atoms with van der Waals surface area (Å²) in [5.74, 6) is 0.137. The van der Waals surface area contributed by atoms with E-state index in [2.05, 4.69) is 34.6 Å². The van der Waals surface area contributed by atoms with Crippen LogP contribution in [0.4, 0.5) is 10.8 Å². The number of amides is 1. The van der Waals surface area contributed by atoms with Crippen LogP contribution in [0, 0.1) is 6.92 Å². The largest absolute Gasteiger partial charge is 0.337 e. The number of benzene rings is 1. The van der Waals surface area contributed by atoms with E-state index in [9.17, 15) is 4.79 Å². The van der Waals surface area contributed by atoms with E-state index in [1.54, 1.807) is 0 Å². The Morgan fingerprint density at radius 2 is 1.84 bits per heavy atom. The van der Waals surface area contributed by atoms with Crippen molar-refractivity contribution in [3.63, 3.8) is 0 Å². The van der Waals surface area contributed by atoms with Crippen LogP contribution in [0.25, 0.3) is 0 Å². The minimum absolute atomic E-state index is 0.137. The molecule has 0 fully saturated rings. The predicted octanol–water partition coefficient (Wildman–Crippen LogP) is 4.72. The highest BCUT2D eigenvalue weighted by Crippen LogP contribution is 2.31. The highest BCUT2D eigenvalue weighted by atomic mass is 32.2. The van der Waals surface area contributed by atoms with Crippen LogP contribution in [0.3, 0.4) is 0 Å². The molecule has 0 aliphatic carbocycles. The molecule has 0 aliphatic heterocycles. The van der Waals surface area contributed by atoms with Gasteiger partial charge in [0.2, 0.25) is 11.0 Å². The molecule has 1 unspecified atom stereocenters. The first-order chi connectivity index (χ1) is 11.8. The molecular weight excluding hydrogens is 352 g/mol. The fraction of sp³-hybridized carbons (Fsp3) is 0.500. The molecule has 136 valence electrons. The van der Waals surface area contributed by atoms with Crippen LogP contribution in [-0.2, 0) is 4.79 Å². The van der Waals surface area contributed by atoms with Gasteiger partial charge in [-0.15, -0.1) is 10.2 Å².